The summed E-state index contributed by atoms with van der Waals surface area (Å²) in [5.74, 6) is 0. The van der Waals surface area contributed by atoms with Gasteiger partial charge >= 0.3 is 0 Å². The Morgan fingerprint density at radius 3 is 2.27 bits per heavy atom. The van der Waals surface area contributed by atoms with E-state index in [1.807, 2.05) is 0 Å². The van der Waals surface area contributed by atoms with Gasteiger partial charge in [-0.05, 0) is 59.7 Å². The average molecular weight is 314 g/mol. The lowest BCUT2D eigenvalue weighted by atomic mass is 10.2. The molecular weight excluding hydrogens is 299 g/mol. The Hall–Kier alpha value is -0.290. The van der Waals surface area contributed by atoms with Crippen molar-refractivity contribution in [3.63, 3.8) is 0 Å². The quantitative estimate of drug-likeness (QED) is 0.800. The number of nitrogens with one attached hydrogen (secondary N) is 1. The molecule has 0 saturated carbocycles. The van der Waals surface area contributed by atoms with Gasteiger partial charge in [-0.3, -0.25) is 0 Å². The lowest BCUT2D eigenvalue weighted by Gasteiger charge is -2.34. The fourth-order valence-electron chi connectivity index (χ4n) is 2.66. The van der Waals surface area contributed by atoms with Crippen molar-refractivity contribution in [2.24, 2.45) is 0 Å². The summed E-state index contributed by atoms with van der Waals surface area (Å²) in [6, 6.07) is 10.3. The van der Waals surface area contributed by atoms with Crippen LogP contribution in [0.1, 0.15) is 12.8 Å². The van der Waals surface area contributed by atoms with Crippen LogP contribution in [0.4, 0.5) is 5.69 Å². The summed E-state index contributed by atoms with van der Waals surface area (Å²) in [4.78, 5) is 2.52. The number of benzene rings is 1. The third-order valence-electron chi connectivity index (χ3n) is 3.41. The van der Waals surface area contributed by atoms with Crippen LogP contribution in [0.2, 0.25) is 0 Å². The largest absolute Gasteiger partial charge is 0.368 e. The maximum atomic E-state index is 3.66. The standard InChI is InChI=1S/C12H15IN2/c13-9-1-5-12(6-2-9)15-7-10-3-4-11(8-15)14-10/h1-2,5-6,10-11,14H,3-4,7-8H2. The van der Waals surface area contributed by atoms with Gasteiger partial charge in [-0.15, -0.1) is 0 Å². The molecule has 2 saturated heterocycles. The fourth-order valence-corrected chi connectivity index (χ4v) is 3.02. The summed E-state index contributed by atoms with van der Waals surface area (Å²) in [5.41, 5.74) is 1.38. The number of rotatable bonds is 1. The van der Waals surface area contributed by atoms with Crippen LogP contribution in [-0.2, 0) is 0 Å². The van der Waals surface area contributed by atoms with Gasteiger partial charge < -0.3 is 10.2 Å². The first-order valence-corrected chi connectivity index (χ1v) is 6.66. The molecule has 2 atom stereocenters. The van der Waals surface area contributed by atoms with E-state index < -0.39 is 0 Å². The first-order valence-electron chi connectivity index (χ1n) is 5.58. The lowest BCUT2D eigenvalue weighted by molar-refractivity contribution is 0.466. The van der Waals surface area contributed by atoms with Crippen molar-refractivity contribution in [2.45, 2.75) is 24.9 Å². The maximum absolute atomic E-state index is 3.66. The molecule has 0 radical (unpaired) electrons. The smallest absolute Gasteiger partial charge is 0.0368 e. The van der Waals surface area contributed by atoms with Crippen LogP contribution in [0.15, 0.2) is 24.3 Å². The second-order valence-corrected chi connectivity index (χ2v) is 5.76. The Bertz CT molecular complexity index is 337. The van der Waals surface area contributed by atoms with Crippen LogP contribution in [0.5, 0.6) is 0 Å². The Morgan fingerprint density at radius 2 is 1.67 bits per heavy atom. The Balaban J connectivity index is 1.80. The molecule has 1 N–H and O–H groups in total. The van der Waals surface area contributed by atoms with Crippen LogP contribution >= 0.6 is 22.6 Å². The number of piperazine rings is 1. The molecule has 15 heavy (non-hydrogen) atoms. The van der Waals surface area contributed by atoms with Gasteiger partial charge in [0.05, 0.1) is 0 Å². The van der Waals surface area contributed by atoms with Gasteiger partial charge in [0.25, 0.3) is 0 Å². The summed E-state index contributed by atoms with van der Waals surface area (Å²) in [6.07, 6.45) is 2.71. The summed E-state index contributed by atoms with van der Waals surface area (Å²) < 4.78 is 1.31. The maximum Gasteiger partial charge on any atom is 0.0368 e. The summed E-state index contributed by atoms with van der Waals surface area (Å²) in [6.45, 7) is 2.36. The molecule has 2 fully saturated rings. The van der Waals surface area contributed by atoms with E-state index in [0.29, 0.717) is 0 Å². The van der Waals surface area contributed by atoms with E-state index in [-0.39, 0.29) is 0 Å². The molecule has 1 aromatic rings. The highest BCUT2D eigenvalue weighted by molar-refractivity contribution is 14.1. The molecule has 2 nitrogen and oxygen atoms in total. The molecule has 2 bridgehead atoms. The molecule has 1 aromatic carbocycles. The van der Waals surface area contributed by atoms with Crippen molar-refractivity contribution >= 4 is 28.3 Å². The third kappa shape index (κ3) is 1.99. The number of halogens is 1. The monoisotopic (exact) mass is 314 g/mol. The highest BCUT2D eigenvalue weighted by Crippen LogP contribution is 2.25. The number of hydrogen-bond donors (Lipinski definition) is 1. The molecule has 0 spiro atoms. The van der Waals surface area contributed by atoms with Gasteiger partial charge in [0.1, 0.15) is 0 Å². The number of anilines is 1. The van der Waals surface area contributed by atoms with Gasteiger partial charge in [-0.25, -0.2) is 0 Å². The Kier molecular flexibility index (Phi) is 2.60. The van der Waals surface area contributed by atoms with Gasteiger partial charge in [0.15, 0.2) is 0 Å². The molecule has 3 rings (SSSR count). The van der Waals surface area contributed by atoms with Crippen molar-refractivity contribution in [1.82, 2.24) is 5.32 Å². The molecular formula is C12H15IN2. The second kappa shape index (κ2) is 3.94. The van der Waals surface area contributed by atoms with Crippen molar-refractivity contribution in [1.29, 1.82) is 0 Å². The molecule has 80 valence electrons. The molecule has 0 aromatic heterocycles. The lowest BCUT2D eigenvalue weighted by Crippen LogP contribution is -2.51. The molecule has 0 amide bonds. The van der Waals surface area contributed by atoms with Crippen LogP contribution in [-0.4, -0.2) is 25.2 Å². The van der Waals surface area contributed by atoms with Gasteiger partial charge in [-0.2, -0.15) is 0 Å². The summed E-state index contributed by atoms with van der Waals surface area (Å²) >= 11 is 2.36. The Morgan fingerprint density at radius 1 is 1.07 bits per heavy atom. The van der Waals surface area contributed by atoms with Crippen molar-refractivity contribution in [3.8, 4) is 0 Å². The number of hydrogen-bond acceptors (Lipinski definition) is 2. The first kappa shape index (κ1) is 9.90. The molecule has 2 aliphatic rings. The van der Waals surface area contributed by atoms with Crippen molar-refractivity contribution < 1.29 is 0 Å². The highest BCUT2D eigenvalue weighted by Gasteiger charge is 2.31. The van der Waals surface area contributed by atoms with Gasteiger partial charge in [0.2, 0.25) is 0 Å². The predicted octanol–water partition coefficient (Wildman–Crippen LogP) is 2.23. The van der Waals surface area contributed by atoms with E-state index in [1.165, 1.54) is 35.2 Å². The van der Waals surface area contributed by atoms with Gasteiger partial charge in [0, 0.05) is 34.4 Å². The van der Waals surface area contributed by atoms with E-state index in [4.69, 9.17) is 0 Å². The summed E-state index contributed by atoms with van der Waals surface area (Å²) in [5, 5.41) is 3.66. The van der Waals surface area contributed by atoms with E-state index in [0.717, 1.165) is 12.1 Å². The SMILES string of the molecule is Ic1ccc(N2CC3CCC(C2)N3)cc1. The average Bonchev–Trinajstić information content (AvgIpc) is 2.59. The topological polar surface area (TPSA) is 15.3 Å². The summed E-state index contributed by atoms with van der Waals surface area (Å²) in [7, 11) is 0. The minimum atomic E-state index is 0.725. The van der Waals surface area contributed by atoms with E-state index in [2.05, 4.69) is 57.1 Å². The van der Waals surface area contributed by atoms with E-state index >= 15 is 0 Å². The minimum absolute atomic E-state index is 0.725. The molecule has 0 aliphatic carbocycles. The molecule has 3 heteroatoms. The van der Waals surface area contributed by atoms with Gasteiger partial charge in [-0.1, -0.05) is 0 Å². The van der Waals surface area contributed by atoms with E-state index in [1.54, 1.807) is 0 Å². The fraction of sp³-hybridized carbons (Fsp3) is 0.500. The van der Waals surface area contributed by atoms with Crippen molar-refractivity contribution in [3.05, 3.63) is 27.8 Å². The molecule has 2 heterocycles. The van der Waals surface area contributed by atoms with Crippen LogP contribution in [0, 0.1) is 3.57 Å². The normalized spacial score (nSPS) is 29.5. The molecule has 2 aliphatic heterocycles. The Labute approximate surface area is 104 Å². The molecule has 2 unspecified atom stereocenters. The first-order chi connectivity index (χ1) is 7.31. The minimum Gasteiger partial charge on any atom is -0.368 e. The van der Waals surface area contributed by atoms with E-state index in [9.17, 15) is 0 Å². The van der Waals surface area contributed by atoms with Crippen molar-refractivity contribution in [2.75, 3.05) is 18.0 Å². The second-order valence-electron chi connectivity index (χ2n) is 4.52. The van der Waals surface area contributed by atoms with Crippen LogP contribution < -0.4 is 10.2 Å². The highest BCUT2D eigenvalue weighted by atomic mass is 127. The third-order valence-corrected chi connectivity index (χ3v) is 4.13. The zero-order chi connectivity index (χ0) is 10.3. The van der Waals surface area contributed by atoms with Crippen LogP contribution in [0.3, 0.4) is 0 Å². The zero-order valence-electron chi connectivity index (χ0n) is 8.62. The van der Waals surface area contributed by atoms with Crippen LogP contribution in [0.25, 0.3) is 0 Å². The number of nitrogens with zero attached hydrogens (tertiary/aromatic N) is 1. The predicted molar refractivity (Wildman–Crippen MR) is 71.3 cm³/mol. The number of fused-ring (bicyclic) bond motifs is 2. The zero-order valence-corrected chi connectivity index (χ0v) is 10.8.